The van der Waals surface area contributed by atoms with Gasteiger partial charge in [-0.1, -0.05) is 0 Å². The number of hydrogen-bond acceptors (Lipinski definition) is 3. The van der Waals surface area contributed by atoms with Crippen LogP contribution in [-0.4, -0.2) is 23.6 Å². The predicted octanol–water partition coefficient (Wildman–Crippen LogP) is 1.69. The van der Waals surface area contributed by atoms with Crippen molar-refractivity contribution in [2.45, 2.75) is 6.92 Å². The van der Waals surface area contributed by atoms with Crippen molar-refractivity contribution in [2.75, 3.05) is 7.11 Å². The normalized spacial score (nSPS) is 10.4. The maximum Gasteiger partial charge on any atom is 0.152 e. The molecule has 1 N–H and O–H groups in total. The van der Waals surface area contributed by atoms with Gasteiger partial charge in [0, 0.05) is 16.6 Å². The molecule has 4 heteroatoms. The first kappa shape index (κ1) is 8.74. The van der Waals surface area contributed by atoms with Gasteiger partial charge in [0.2, 0.25) is 0 Å². The van der Waals surface area contributed by atoms with E-state index in [1.165, 1.54) is 0 Å². The van der Waals surface area contributed by atoms with E-state index < -0.39 is 0 Å². The van der Waals surface area contributed by atoms with E-state index in [9.17, 15) is 4.79 Å². The Balaban J connectivity index is 2.82. The Bertz CT molecular complexity index is 488. The summed E-state index contributed by atoms with van der Waals surface area (Å²) in [6.45, 7) is 1.91. The molecule has 2 rings (SSSR count). The van der Waals surface area contributed by atoms with Gasteiger partial charge in [-0.25, -0.2) is 0 Å². The Hall–Kier alpha value is -1.84. The minimum atomic E-state index is 0.545. The second kappa shape index (κ2) is 3.14. The molecule has 0 bridgehead atoms. The van der Waals surface area contributed by atoms with Gasteiger partial charge in [-0.15, -0.1) is 0 Å². The first-order chi connectivity index (χ1) is 6.76. The minimum Gasteiger partial charge on any atom is -0.497 e. The number of nitrogens with zero attached hydrogens (tertiary/aromatic N) is 1. The van der Waals surface area contributed by atoms with Gasteiger partial charge < -0.3 is 4.74 Å². The van der Waals surface area contributed by atoms with Crippen molar-refractivity contribution < 1.29 is 9.53 Å². The molecular formula is C10H10N2O2. The van der Waals surface area contributed by atoms with E-state index in [0.29, 0.717) is 16.8 Å². The SMILES string of the molecule is COc1cc(C=O)c2n[nH]c(C)c2c1. The van der Waals surface area contributed by atoms with Crippen LogP contribution in [0.5, 0.6) is 5.75 Å². The molecular weight excluding hydrogens is 180 g/mol. The van der Waals surface area contributed by atoms with Gasteiger partial charge in [0.1, 0.15) is 11.3 Å². The first-order valence-corrected chi connectivity index (χ1v) is 4.24. The summed E-state index contributed by atoms with van der Waals surface area (Å²) < 4.78 is 5.09. The second-order valence-corrected chi connectivity index (χ2v) is 3.08. The molecule has 1 heterocycles. The molecule has 0 fully saturated rings. The fourth-order valence-corrected chi connectivity index (χ4v) is 1.45. The fourth-order valence-electron chi connectivity index (χ4n) is 1.45. The largest absolute Gasteiger partial charge is 0.497 e. The number of methoxy groups -OCH3 is 1. The summed E-state index contributed by atoms with van der Waals surface area (Å²) in [5.74, 6) is 0.670. The molecule has 72 valence electrons. The minimum absolute atomic E-state index is 0.545. The van der Waals surface area contributed by atoms with Crippen LogP contribution in [0, 0.1) is 6.92 Å². The van der Waals surface area contributed by atoms with Crippen LogP contribution in [0.25, 0.3) is 10.9 Å². The number of ether oxygens (including phenoxy) is 1. The summed E-state index contributed by atoms with van der Waals surface area (Å²) >= 11 is 0. The van der Waals surface area contributed by atoms with Crippen LogP contribution in [0.3, 0.4) is 0 Å². The third-order valence-corrected chi connectivity index (χ3v) is 2.22. The van der Waals surface area contributed by atoms with Crippen molar-refractivity contribution >= 4 is 17.2 Å². The van der Waals surface area contributed by atoms with E-state index in [0.717, 1.165) is 17.4 Å². The van der Waals surface area contributed by atoms with Crippen molar-refractivity contribution in [1.82, 2.24) is 10.2 Å². The summed E-state index contributed by atoms with van der Waals surface area (Å²) in [5, 5.41) is 7.81. The number of aryl methyl sites for hydroxylation is 1. The van der Waals surface area contributed by atoms with Crippen molar-refractivity contribution in [2.24, 2.45) is 0 Å². The molecule has 0 aliphatic rings. The molecule has 0 atom stereocenters. The number of fused-ring (bicyclic) bond motifs is 1. The molecule has 0 amide bonds. The molecule has 1 aromatic carbocycles. The van der Waals surface area contributed by atoms with Crippen LogP contribution in [-0.2, 0) is 0 Å². The van der Waals surface area contributed by atoms with Gasteiger partial charge in [0.05, 0.1) is 7.11 Å². The molecule has 0 aliphatic carbocycles. The van der Waals surface area contributed by atoms with E-state index in [4.69, 9.17) is 4.74 Å². The lowest BCUT2D eigenvalue weighted by Crippen LogP contribution is -1.87. The molecule has 1 aromatic heterocycles. The monoisotopic (exact) mass is 190 g/mol. The smallest absolute Gasteiger partial charge is 0.152 e. The van der Waals surface area contributed by atoms with E-state index in [1.54, 1.807) is 13.2 Å². The molecule has 2 aromatic rings. The Morgan fingerprint density at radius 2 is 2.29 bits per heavy atom. The van der Waals surface area contributed by atoms with E-state index >= 15 is 0 Å². The van der Waals surface area contributed by atoms with Gasteiger partial charge in [-0.05, 0) is 19.1 Å². The summed E-state index contributed by atoms with van der Waals surface area (Å²) in [6, 6.07) is 3.54. The predicted molar refractivity (Wildman–Crippen MR) is 52.8 cm³/mol. The number of nitrogens with one attached hydrogen (secondary N) is 1. The van der Waals surface area contributed by atoms with E-state index in [-0.39, 0.29) is 0 Å². The van der Waals surface area contributed by atoms with Gasteiger partial charge in [0.15, 0.2) is 6.29 Å². The Labute approximate surface area is 80.9 Å². The summed E-state index contributed by atoms with van der Waals surface area (Å²) in [5.41, 5.74) is 2.17. The topological polar surface area (TPSA) is 55.0 Å². The molecule has 0 radical (unpaired) electrons. The van der Waals surface area contributed by atoms with Crippen LogP contribution >= 0.6 is 0 Å². The van der Waals surface area contributed by atoms with Gasteiger partial charge in [0.25, 0.3) is 0 Å². The second-order valence-electron chi connectivity index (χ2n) is 3.08. The molecule has 0 saturated carbocycles. The standard InChI is InChI=1S/C10H10N2O2/c1-6-9-4-8(14-2)3-7(5-13)10(9)12-11-6/h3-5H,1-2H3,(H,11,12). The number of aromatic amines is 1. The van der Waals surface area contributed by atoms with Crippen LogP contribution in [0.1, 0.15) is 16.1 Å². The summed E-state index contributed by atoms with van der Waals surface area (Å²) in [6.07, 6.45) is 0.783. The molecule has 0 spiro atoms. The Morgan fingerprint density at radius 3 is 2.93 bits per heavy atom. The highest BCUT2D eigenvalue weighted by Crippen LogP contribution is 2.24. The molecule has 0 saturated heterocycles. The van der Waals surface area contributed by atoms with Crippen LogP contribution in [0.2, 0.25) is 0 Å². The fraction of sp³-hybridized carbons (Fsp3) is 0.200. The van der Waals surface area contributed by atoms with E-state index in [2.05, 4.69) is 10.2 Å². The molecule has 14 heavy (non-hydrogen) atoms. The zero-order valence-corrected chi connectivity index (χ0v) is 8.00. The van der Waals surface area contributed by atoms with Crippen LogP contribution < -0.4 is 4.74 Å². The average molecular weight is 190 g/mol. The summed E-state index contributed by atoms with van der Waals surface area (Å²) in [4.78, 5) is 10.8. The highest BCUT2D eigenvalue weighted by Gasteiger charge is 2.08. The highest BCUT2D eigenvalue weighted by atomic mass is 16.5. The lowest BCUT2D eigenvalue weighted by molar-refractivity contribution is 0.112. The van der Waals surface area contributed by atoms with Crippen molar-refractivity contribution in [3.05, 3.63) is 23.4 Å². The van der Waals surface area contributed by atoms with Crippen LogP contribution in [0.15, 0.2) is 12.1 Å². The highest BCUT2D eigenvalue weighted by molar-refractivity contribution is 5.97. The Morgan fingerprint density at radius 1 is 1.50 bits per heavy atom. The maximum atomic E-state index is 10.8. The number of rotatable bonds is 2. The van der Waals surface area contributed by atoms with E-state index in [1.807, 2.05) is 13.0 Å². The zero-order valence-electron chi connectivity index (χ0n) is 8.00. The number of aldehydes is 1. The van der Waals surface area contributed by atoms with Crippen molar-refractivity contribution in [3.8, 4) is 5.75 Å². The van der Waals surface area contributed by atoms with Crippen molar-refractivity contribution in [1.29, 1.82) is 0 Å². The van der Waals surface area contributed by atoms with Gasteiger partial charge >= 0.3 is 0 Å². The lowest BCUT2D eigenvalue weighted by Gasteiger charge is -2.01. The van der Waals surface area contributed by atoms with Gasteiger partial charge in [-0.3, -0.25) is 9.89 Å². The molecule has 4 nitrogen and oxygen atoms in total. The van der Waals surface area contributed by atoms with Crippen LogP contribution in [0.4, 0.5) is 0 Å². The third-order valence-electron chi connectivity index (χ3n) is 2.22. The number of carbonyl (C=O) groups is 1. The number of benzene rings is 1. The number of H-pyrrole nitrogens is 1. The number of carbonyl (C=O) groups excluding carboxylic acids is 1. The number of aromatic nitrogens is 2. The quantitative estimate of drug-likeness (QED) is 0.733. The zero-order chi connectivity index (χ0) is 10.1. The van der Waals surface area contributed by atoms with Gasteiger partial charge in [-0.2, -0.15) is 5.10 Å². The number of hydrogen-bond donors (Lipinski definition) is 1. The van der Waals surface area contributed by atoms with Crippen molar-refractivity contribution in [3.63, 3.8) is 0 Å². The average Bonchev–Trinajstić information content (AvgIpc) is 2.59. The Kier molecular flexibility index (Phi) is 1.96. The summed E-state index contributed by atoms with van der Waals surface area (Å²) in [7, 11) is 1.57. The molecule has 0 unspecified atom stereocenters. The maximum absolute atomic E-state index is 10.8. The first-order valence-electron chi connectivity index (χ1n) is 4.24. The molecule has 0 aliphatic heterocycles. The third kappa shape index (κ3) is 1.16. The lowest BCUT2D eigenvalue weighted by atomic mass is 10.1.